The van der Waals surface area contributed by atoms with Gasteiger partial charge in [-0.3, -0.25) is 9.78 Å². The number of benzene rings is 1. The smallest absolute Gasteiger partial charge is 0.227 e. The average molecular weight is 562 g/mol. The largest absolute Gasteiger partial charge is 0.493 e. The number of nitrogens with zero attached hydrogens (tertiary/aromatic N) is 4. The van der Waals surface area contributed by atoms with E-state index in [0.717, 1.165) is 17.0 Å². The number of fused-ring (bicyclic) bond motifs is 1. The summed E-state index contributed by atoms with van der Waals surface area (Å²) in [5.41, 5.74) is 3.31. The molecule has 39 heavy (non-hydrogen) atoms. The number of Topliss-reactive ketones (excluding diaryl/α,β-unsaturated/α-hetero) is 1. The van der Waals surface area contributed by atoms with Gasteiger partial charge in [-0.05, 0) is 47.7 Å². The minimum absolute atomic E-state index is 0.0877. The van der Waals surface area contributed by atoms with Gasteiger partial charge in [0.1, 0.15) is 6.04 Å². The number of ketones is 1. The molecule has 200 valence electrons. The Morgan fingerprint density at radius 3 is 2.56 bits per heavy atom. The molecule has 0 radical (unpaired) electrons. The Balaban J connectivity index is 1.44. The van der Waals surface area contributed by atoms with Gasteiger partial charge in [0.15, 0.2) is 17.3 Å². The predicted molar refractivity (Wildman–Crippen MR) is 150 cm³/mol. The Bertz CT molecular complexity index is 1510. The van der Waals surface area contributed by atoms with Gasteiger partial charge in [0.25, 0.3) is 0 Å². The zero-order chi connectivity index (χ0) is 26.9. The molecular weight excluding hydrogens is 534 g/mol. The van der Waals surface area contributed by atoms with Crippen LogP contribution in [0.3, 0.4) is 0 Å². The van der Waals surface area contributed by atoms with Gasteiger partial charge in [-0.2, -0.15) is 4.98 Å². The van der Waals surface area contributed by atoms with E-state index in [-0.39, 0.29) is 11.7 Å². The number of allylic oxidation sites excluding steroid dienone is 2. The van der Waals surface area contributed by atoms with E-state index >= 15 is 0 Å². The van der Waals surface area contributed by atoms with Crippen molar-refractivity contribution in [3.05, 3.63) is 81.4 Å². The molecule has 2 atom stereocenters. The quantitative estimate of drug-likeness (QED) is 0.281. The van der Waals surface area contributed by atoms with Gasteiger partial charge in [-0.15, -0.1) is 16.4 Å². The number of anilines is 1. The van der Waals surface area contributed by atoms with Crippen molar-refractivity contribution in [2.24, 2.45) is 0 Å². The van der Waals surface area contributed by atoms with Crippen LogP contribution in [0.15, 0.2) is 70.5 Å². The molecule has 0 amide bonds. The van der Waals surface area contributed by atoms with Gasteiger partial charge >= 0.3 is 0 Å². The van der Waals surface area contributed by atoms with Crippen LogP contribution in [-0.2, 0) is 10.5 Å². The third kappa shape index (κ3) is 4.76. The summed E-state index contributed by atoms with van der Waals surface area (Å²) in [6, 6.07) is 13.2. The second kappa shape index (κ2) is 10.7. The minimum atomic E-state index is -0.501. The van der Waals surface area contributed by atoms with Crippen molar-refractivity contribution >= 4 is 34.8 Å². The Morgan fingerprint density at radius 1 is 1.08 bits per heavy atom. The predicted octanol–water partition coefficient (Wildman–Crippen LogP) is 5.47. The van der Waals surface area contributed by atoms with Gasteiger partial charge in [0, 0.05) is 40.4 Å². The number of nitrogens with one attached hydrogen (secondary N) is 1. The number of thioether (sulfide) groups is 1. The molecule has 2 aliphatic rings. The minimum Gasteiger partial charge on any atom is -0.493 e. The first kappa shape index (κ1) is 25.4. The number of hydrogen-bond acceptors (Lipinski definition) is 10. The highest BCUT2D eigenvalue weighted by atomic mass is 32.2. The second-order valence-electron chi connectivity index (χ2n) is 9.19. The molecule has 4 aromatic rings. The summed E-state index contributed by atoms with van der Waals surface area (Å²) < 4.78 is 18.6. The first-order valence-corrected chi connectivity index (χ1v) is 14.3. The summed E-state index contributed by atoms with van der Waals surface area (Å²) in [6.07, 6.45) is 2.93. The number of methoxy groups -OCH3 is 3. The van der Waals surface area contributed by atoms with Gasteiger partial charge in [0.2, 0.25) is 16.9 Å². The van der Waals surface area contributed by atoms with Crippen molar-refractivity contribution in [3.63, 3.8) is 0 Å². The fraction of sp³-hybridized carbons (Fsp3) is 0.286. The van der Waals surface area contributed by atoms with E-state index in [2.05, 4.69) is 21.7 Å². The summed E-state index contributed by atoms with van der Waals surface area (Å²) in [4.78, 5) is 24.2. The zero-order valence-corrected chi connectivity index (χ0v) is 23.3. The van der Waals surface area contributed by atoms with Crippen LogP contribution in [0.2, 0.25) is 0 Å². The molecule has 6 rings (SSSR count). The normalized spacial score (nSPS) is 18.3. The number of carbonyl (C=O) groups excluding carboxylic acids is 1. The van der Waals surface area contributed by atoms with Crippen LogP contribution in [0, 0.1) is 0 Å². The molecule has 0 bridgehead atoms. The second-order valence-corrected chi connectivity index (χ2v) is 11.1. The fourth-order valence-electron chi connectivity index (χ4n) is 5.17. The molecule has 0 unspecified atom stereocenters. The summed E-state index contributed by atoms with van der Waals surface area (Å²) in [5, 5.41) is 11.0. The van der Waals surface area contributed by atoms with E-state index in [1.807, 2.05) is 36.4 Å². The number of rotatable bonds is 8. The summed E-state index contributed by atoms with van der Waals surface area (Å²) in [7, 11) is 4.74. The fourth-order valence-corrected chi connectivity index (χ4v) is 6.74. The van der Waals surface area contributed by atoms with Crippen LogP contribution < -0.4 is 19.5 Å². The molecular formula is C28H27N5O4S2. The number of aromatic nitrogens is 4. The Labute approximate surface area is 234 Å². The summed E-state index contributed by atoms with van der Waals surface area (Å²) in [6.45, 7) is 0. The van der Waals surface area contributed by atoms with Crippen LogP contribution in [0.25, 0.3) is 0 Å². The highest BCUT2D eigenvalue weighted by Crippen LogP contribution is 2.48. The van der Waals surface area contributed by atoms with Crippen molar-refractivity contribution in [3.8, 4) is 17.2 Å². The van der Waals surface area contributed by atoms with E-state index < -0.39 is 6.04 Å². The number of thiophene rings is 1. The number of ether oxygens (including phenoxy) is 3. The molecule has 4 heterocycles. The highest BCUT2D eigenvalue weighted by Gasteiger charge is 2.40. The topological polar surface area (TPSA) is 100 Å². The third-order valence-corrected chi connectivity index (χ3v) is 8.83. The van der Waals surface area contributed by atoms with Gasteiger partial charge in [-0.25, -0.2) is 4.68 Å². The number of hydrogen-bond donors (Lipinski definition) is 1. The first-order chi connectivity index (χ1) is 19.1. The molecule has 0 saturated carbocycles. The van der Waals surface area contributed by atoms with Crippen LogP contribution in [0.1, 0.15) is 40.9 Å². The zero-order valence-electron chi connectivity index (χ0n) is 21.7. The molecule has 0 fully saturated rings. The Kier molecular flexibility index (Phi) is 7.01. The van der Waals surface area contributed by atoms with E-state index in [4.69, 9.17) is 24.3 Å². The molecule has 0 saturated heterocycles. The van der Waals surface area contributed by atoms with Crippen molar-refractivity contribution in [2.45, 2.75) is 35.7 Å². The number of pyridine rings is 1. The maximum Gasteiger partial charge on any atom is 0.227 e. The summed E-state index contributed by atoms with van der Waals surface area (Å²) in [5.74, 6) is 2.95. The average Bonchev–Trinajstić information content (AvgIpc) is 3.65. The van der Waals surface area contributed by atoms with Gasteiger partial charge in [0.05, 0.1) is 27.0 Å². The van der Waals surface area contributed by atoms with Gasteiger partial charge in [-0.1, -0.05) is 23.9 Å². The van der Waals surface area contributed by atoms with E-state index in [0.29, 0.717) is 52.5 Å². The lowest BCUT2D eigenvalue weighted by atomic mass is 9.80. The van der Waals surface area contributed by atoms with Crippen molar-refractivity contribution < 1.29 is 19.0 Å². The Hall–Kier alpha value is -3.83. The molecule has 11 heteroatoms. The lowest BCUT2D eigenvalue weighted by Crippen LogP contribution is -2.33. The lowest BCUT2D eigenvalue weighted by Gasteiger charge is -2.35. The molecule has 3 aromatic heterocycles. The van der Waals surface area contributed by atoms with E-state index in [1.165, 1.54) is 16.6 Å². The molecule has 1 aliphatic heterocycles. The van der Waals surface area contributed by atoms with Crippen LogP contribution in [0.5, 0.6) is 17.2 Å². The number of carbonyl (C=O) groups is 1. The van der Waals surface area contributed by atoms with Crippen molar-refractivity contribution in [2.75, 3.05) is 26.6 Å². The highest BCUT2D eigenvalue weighted by molar-refractivity contribution is 7.98. The maximum absolute atomic E-state index is 13.8. The molecule has 1 aliphatic carbocycles. The van der Waals surface area contributed by atoms with Crippen molar-refractivity contribution in [1.29, 1.82) is 0 Å². The van der Waals surface area contributed by atoms with Crippen LogP contribution >= 0.6 is 23.1 Å². The van der Waals surface area contributed by atoms with E-state index in [1.54, 1.807) is 43.5 Å². The van der Waals surface area contributed by atoms with Crippen LogP contribution in [0.4, 0.5) is 5.95 Å². The monoisotopic (exact) mass is 561 g/mol. The Morgan fingerprint density at radius 2 is 1.90 bits per heavy atom. The lowest BCUT2D eigenvalue weighted by molar-refractivity contribution is -0.116. The third-order valence-electron chi connectivity index (χ3n) is 6.92. The summed E-state index contributed by atoms with van der Waals surface area (Å²) >= 11 is 3.19. The molecule has 9 nitrogen and oxygen atoms in total. The molecule has 1 N–H and O–H groups in total. The van der Waals surface area contributed by atoms with Gasteiger partial charge < -0.3 is 19.5 Å². The standard InChI is InChI=1S/C28H27N5O4S2/c1-35-21-13-17(14-22(36-2)26(21)37-3)25-24-19(11-16(12-20(24)34)23-8-6-10-38-23)30-27-31-28(32-33(25)27)39-15-18-7-4-5-9-29-18/h4-10,13-14,16,25H,11-12,15H2,1-3H3,(H,30,31,32)/t16-,25+/m0/s1. The molecule has 0 spiro atoms. The molecule has 1 aromatic carbocycles. The SMILES string of the molecule is COc1cc([C@@H]2C3=C(C[C@H](c4cccs4)CC3=O)Nc3nc(SCc4ccccn4)nn32)cc(OC)c1OC. The first-order valence-electron chi connectivity index (χ1n) is 12.5. The van der Waals surface area contributed by atoms with Crippen LogP contribution in [-0.4, -0.2) is 46.9 Å². The maximum atomic E-state index is 13.8. The van der Waals surface area contributed by atoms with Crippen molar-refractivity contribution in [1.82, 2.24) is 19.7 Å². The van der Waals surface area contributed by atoms with E-state index in [9.17, 15) is 4.79 Å².